The molecule has 1 aromatic carbocycles. The number of hydrogen-bond acceptors (Lipinski definition) is 3. The Labute approximate surface area is 121 Å². The Morgan fingerprint density at radius 1 is 1.56 bits per heavy atom. The van der Waals surface area contributed by atoms with E-state index in [1.54, 1.807) is 25.1 Å². The van der Waals surface area contributed by atoms with E-state index in [1.165, 1.54) is 0 Å². The second kappa shape index (κ2) is 7.24. The van der Waals surface area contributed by atoms with Crippen molar-refractivity contribution in [3.63, 3.8) is 0 Å². The first-order valence-corrected chi connectivity index (χ1v) is 6.92. The number of aliphatic hydroxyl groups excluding tert-OH is 1. The SMILES string of the molecule is CC(O)CN(C)CCC(=O)c1ccc(Br)cc1Cl. The van der Waals surface area contributed by atoms with Crippen LogP contribution in [0.2, 0.25) is 5.02 Å². The molecule has 1 rings (SSSR count). The highest BCUT2D eigenvalue weighted by molar-refractivity contribution is 9.10. The predicted molar refractivity (Wildman–Crippen MR) is 77.3 cm³/mol. The van der Waals surface area contributed by atoms with E-state index < -0.39 is 0 Å². The molecule has 0 bridgehead atoms. The molecule has 1 N–H and O–H groups in total. The van der Waals surface area contributed by atoms with E-state index in [4.69, 9.17) is 11.6 Å². The lowest BCUT2D eigenvalue weighted by atomic mass is 10.1. The largest absolute Gasteiger partial charge is 0.392 e. The molecule has 0 radical (unpaired) electrons. The summed E-state index contributed by atoms with van der Waals surface area (Å²) in [5.41, 5.74) is 0.547. The van der Waals surface area contributed by atoms with Crippen LogP contribution in [0.15, 0.2) is 22.7 Å². The maximum atomic E-state index is 12.0. The van der Waals surface area contributed by atoms with Crippen LogP contribution in [0.4, 0.5) is 0 Å². The molecule has 5 heteroatoms. The van der Waals surface area contributed by atoms with Gasteiger partial charge in [-0.15, -0.1) is 0 Å². The molecule has 0 saturated carbocycles. The molecule has 0 spiro atoms. The van der Waals surface area contributed by atoms with Gasteiger partial charge in [0.05, 0.1) is 11.1 Å². The van der Waals surface area contributed by atoms with Gasteiger partial charge in [-0.2, -0.15) is 0 Å². The summed E-state index contributed by atoms with van der Waals surface area (Å²) in [7, 11) is 1.88. The van der Waals surface area contributed by atoms with E-state index in [0.717, 1.165) is 4.47 Å². The summed E-state index contributed by atoms with van der Waals surface area (Å²) in [6, 6.07) is 5.25. The number of carbonyl (C=O) groups is 1. The van der Waals surface area contributed by atoms with Crippen LogP contribution < -0.4 is 0 Å². The molecule has 0 aliphatic heterocycles. The first-order valence-electron chi connectivity index (χ1n) is 5.75. The number of Topliss-reactive ketones (excluding diaryl/α,β-unsaturated/α-hetero) is 1. The minimum Gasteiger partial charge on any atom is -0.392 e. The molecule has 0 heterocycles. The highest BCUT2D eigenvalue weighted by atomic mass is 79.9. The van der Waals surface area contributed by atoms with Crippen molar-refractivity contribution < 1.29 is 9.90 Å². The summed E-state index contributed by atoms with van der Waals surface area (Å²) in [4.78, 5) is 13.9. The van der Waals surface area contributed by atoms with Gasteiger partial charge in [-0.05, 0) is 32.2 Å². The van der Waals surface area contributed by atoms with Crippen molar-refractivity contribution >= 4 is 33.3 Å². The molecule has 100 valence electrons. The highest BCUT2D eigenvalue weighted by Gasteiger charge is 2.12. The fourth-order valence-electron chi connectivity index (χ4n) is 1.69. The van der Waals surface area contributed by atoms with Crippen LogP contribution in [0.3, 0.4) is 0 Å². The van der Waals surface area contributed by atoms with Gasteiger partial charge < -0.3 is 10.0 Å². The fourth-order valence-corrected chi connectivity index (χ4v) is 2.46. The van der Waals surface area contributed by atoms with Crippen LogP contribution in [0.1, 0.15) is 23.7 Å². The smallest absolute Gasteiger partial charge is 0.165 e. The molecule has 0 aliphatic rings. The maximum Gasteiger partial charge on any atom is 0.165 e. The topological polar surface area (TPSA) is 40.5 Å². The van der Waals surface area contributed by atoms with Crippen LogP contribution in [0.5, 0.6) is 0 Å². The average Bonchev–Trinajstić information content (AvgIpc) is 2.25. The third-order valence-corrected chi connectivity index (χ3v) is 3.33. The number of rotatable bonds is 6. The van der Waals surface area contributed by atoms with E-state index in [9.17, 15) is 9.90 Å². The van der Waals surface area contributed by atoms with Crippen LogP contribution in [0.25, 0.3) is 0 Å². The first-order chi connectivity index (χ1) is 8.40. The van der Waals surface area contributed by atoms with Gasteiger partial charge in [-0.25, -0.2) is 0 Å². The second-order valence-corrected chi connectivity index (χ2v) is 5.73. The number of carbonyl (C=O) groups excluding carboxylic acids is 1. The lowest BCUT2D eigenvalue weighted by Crippen LogP contribution is -2.29. The maximum absolute atomic E-state index is 12.0. The van der Waals surface area contributed by atoms with Crippen molar-refractivity contribution in [2.45, 2.75) is 19.4 Å². The molecule has 1 aromatic rings. The fraction of sp³-hybridized carbons (Fsp3) is 0.462. The molecule has 3 nitrogen and oxygen atoms in total. The van der Waals surface area contributed by atoms with Crippen molar-refractivity contribution in [1.82, 2.24) is 4.90 Å². The molecule has 18 heavy (non-hydrogen) atoms. The van der Waals surface area contributed by atoms with Gasteiger partial charge in [0.1, 0.15) is 0 Å². The van der Waals surface area contributed by atoms with E-state index in [0.29, 0.717) is 30.1 Å². The van der Waals surface area contributed by atoms with Crippen LogP contribution in [-0.4, -0.2) is 42.0 Å². The first kappa shape index (κ1) is 15.6. The number of ketones is 1. The molecule has 1 atom stereocenters. The van der Waals surface area contributed by atoms with Gasteiger partial charge in [0.25, 0.3) is 0 Å². The van der Waals surface area contributed by atoms with Gasteiger partial charge in [-0.1, -0.05) is 27.5 Å². The quantitative estimate of drug-likeness (QED) is 0.813. The minimum atomic E-state index is -0.388. The number of aliphatic hydroxyl groups is 1. The number of benzene rings is 1. The summed E-state index contributed by atoms with van der Waals surface area (Å²) < 4.78 is 0.857. The zero-order valence-electron chi connectivity index (χ0n) is 10.5. The molecular weight excluding hydrogens is 318 g/mol. The summed E-state index contributed by atoms with van der Waals surface area (Å²) >= 11 is 9.32. The average molecular weight is 335 g/mol. The van der Waals surface area contributed by atoms with Crippen LogP contribution in [0, 0.1) is 0 Å². The monoisotopic (exact) mass is 333 g/mol. The highest BCUT2D eigenvalue weighted by Crippen LogP contribution is 2.22. The number of likely N-dealkylation sites (N-methyl/N-ethyl adjacent to an activating group) is 1. The van der Waals surface area contributed by atoms with Gasteiger partial charge >= 0.3 is 0 Å². The molecule has 0 fully saturated rings. The van der Waals surface area contributed by atoms with Gasteiger partial charge in [0.2, 0.25) is 0 Å². The van der Waals surface area contributed by atoms with Gasteiger partial charge in [0, 0.05) is 29.5 Å². The normalized spacial score (nSPS) is 12.8. The molecular formula is C13H17BrClNO2. The van der Waals surface area contributed by atoms with E-state index in [-0.39, 0.29) is 11.9 Å². The van der Waals surface area contributed by atoms with Crippen molar-refractivity contribution in [2.24, 2.45) is 0 Å². The Morgan fingerprint density at radius 3 is 2.78 bits per heavy atom. The number of hydrogen-bond donors (Lipinski definition) is 1. The third kappa shape index (κ3) is 5.06. The van der Waals surface area contributed by atoms with Crippen molar-refractivity contribution in [1.29, 1.82) is 0 Å². The number of halogens is 2. The van der Waals surface area contributed by atoms with E-state index in [1.807, 2.05) is 11.9 Å². The Balaban J connectivity index is 2.55. The molecule has 0 saturated heterocycles. The Morgan fingerprint density at radius 2 is 2.22 bits per heavy atom. The van der Waals surface area contributed by atoms with Crippen molar-refractivity contribution in [3.05, 3.63) is 33.3 Å². The summed E-state index contributed by atoms with van der Waals surface area (Å²) in [5.74, 6) is 0.0185. The van der Waals surface area contributed by atoms with E-state index >= 15 is 0 Å². The third-order valence-electron chi connectivity index (χ3n) is 2.53. The van der Waals surface area contributed by atoms with Crippen LogP contribution in [-0.2, 0) is 0 Å². The summed E-state index contributed by atoms with van der Waals surface area (Å²) in [6.45, 7) is 2.89. The van der Waals surface area contributed by atoms with Gasteiger partial charge in [0.15, 0.2) is 5.78 Å². The summed E-state index contributed by atoms with van der Waals surface area (Å²) in [6.07, 6.45) is 0.00581. The second-order valence-electron chi connectivity index (χ2n) is 4.41. The zero-order valence-corrected chi connectivity index (χ0v) is 12.8. The standard InChI is InChI=1S/C13H17BrClNO2/c1-9(17)8-16(2)6-5-13(18)11-4-3-10(14)7-12(11)15/h3-4,7,9,17H,5-6,8H2,1-2H3. The van der Waals surface area contributed by atoms with Crippen LogP contribution >= 0.6 is 27.5 Å². The Kier molecular flexibility index (Phi) is 6.29. The Hall–Kier alpha value is -0.420. The zero-order chi connectivity index (χ0) is 13.7. The van der Waals surface area contributed by atoms with Crippen molar-refractivity contribution in [2.75, 3.05) is 20.1 Å². The van der Waals surface area contributed by atoms with Gasteiger partial charge in [-0.3, -0.25) is 4.79 Å². The molecule has 0 aromatic heterocycles. The predicted octanol–water partition coefficient (Wildman–Crippen LogP) is 2.99. The molecule has 1 unspecified atom stereocenters. The number of nitrogens with zero attached hydrogens (tertiary/aromatic N) is 1. The minimum absolute atomic E-state index is 0.0185. The lowest BCUT2D eigenvalue weighted by molar-refractivity contribution is 0.0948. The molecule has 0 amide bonds. The molecule has 0 aliphatic carbocycles. The Bertz CT molecular complexity index is 423. The van der Waals surface area contributed by atoms with Crippen molar-refractivity contribution in [3.8, 4) is 0 Å². The lowest BCUT2D eigenvalue weighted by Gasteiger charge is -2.17. The summed E-state index contributed by atoms with van der Waals surface area (Å²) in [5, 5.41) is 9.69. The van der Waals surface area contributed by atoms with E-state index in [2.05, 4.69) is 15.9 Å².